The Labute approximate surface area is 817 Å². The monoisotopic (exact) mass is 1860 g/mol. The molecule has 0 spiro atoms. The van der Waals surface area contributed by atoms with Crippen LogP contribution < -0.4 is 16.4 Å². The fourth-order valence-corrected chi connectivity index (χ4v) is 31.3. The van der Waals surface area contributed by atoms with Gasteiger partial charge in [0, 0.05) is 80.4 Å². The Morgan fingerprint density at radius 2 is 0.662 bits per heavy atom. The molecule has 0 aromatic heterocycles. The molecular formula is C119H172N6O11. The van der Waals surface area contributed by atoms with Crippen molar-refractivity contribution in [1.29, 1.82) is 0 Å². The number of carbonyl (C=O) groups is 6. The maximum Gasteiger partial charge on any atom is 0.302 e. The molecule has 0 aliphatic heterocycles. The van der Waals surface area contributed by atoms with Crippen LogP contribution in [-0.2, 0) is 51.2 Å². The molecule has 12 aliphatic rings. The van der Waals surface area contributed by atoms with E-state index in [0.29, 0.717) is 157 Å². The Balaban J connectivity index is 0.000000156. The largest absolute Gasteiger partial charge is 0.466 e. The molecule has 12 aliphatic carbocycles. The molecule has 28 atom stereocenters. The van der Waals surface area contributed by atoms with Gasteiger partial charge in [-0.15, -0.1) is 0 Å². The van der Waals surface area contributed by atoms with E-state index in [1.807, 2.05) is 84.9 Å². The van der Waals surface area contributed by atoms with Gasteiger partial charge in [0.25, 0.3) is 0 Å². The summed E-state index contributed by atoms with van der Waals surface area (Å²) in [5.41, 5.74) is 27.8. The van der Waals surface area contributed by atoms with Crippen LogP contribution in [-0.4, -0.2) is 99.3 Å². The fourth-order valence-electron chi connectivity index (χ4n) is 31.3. The highest BCUT2D eigenvalue weighted by Crippen LogP contribution is 2.69. The first-order chi connectivity index (χ1) is 64.7. The first-order valence-corrected chi connectivity index (χ1v) is 53.1. The maximum absolute atomic E-state index is 12.8. The normalized spacial score (nSPS) is 37.7. The number of ether oxygens (including phenoxy) is 4. The molecule has 0 bridgehead atoms. The van der Waals surface area contributed by atoms with Crippen molar-refractivity contribution in [3.8, 4) is 0 Å². The van der Waals surface area contributed by atoms with Gasteiger partial charge in [0.1, 0.15) is 0 Å². The van der Waals surface area contributed by atoms with Crippen molar-refractivity contribution < 1.29 is 52.8 Å². The van der Waals surface area contributed by atoms with Crippen LogP contribution in [0.25, 0.3) is 10.4 Å². The number of allylic oxidation sites excluding steroid dienone is 4. The smallest absolute Gasteiger partial charge is 0.302 e. The van der Waals surface area contributed by atoms with Crippen LogP contribution in [0.1, 0.15) is 327 Å². The Morgan fingerprint density at radius 1 is 0.382 bits per heavy atom. The molecule has 0 heterocycles. The third-order valence-corrected chi connectivity index (χ3v) is 40.3. The fraction of sp³-hybridized carbons (Fsp3) is 0.681. The van der Waals surface area contributed by atoms with Crippen LogP contribution in [0.2, 0.25) is 0 Å². The second kappa shape index (κ2) is 45.0. The Kier molecular flexibility index (Phi) is 34.9. The zero-order chi connectivity index (χ0) is 98.0. The van der Waals surface area contributed by atoms with Gasteiger partial charge >= 0.3 is 23.9 Å². The summed E-state index contributed by atoms with van der Waals surface area (Å²) in [6, 6.07) is 35.0. The number of benzene rings is 4. The van der Waals surface area contributed by atoms with Crippen LogP contribution in [0, 0.1) is 156 Å². The minimum Gasteiger partial charge on any atom is -0.466 e. The predicted octanol–water partition coefficient (Wildman–Crippen LogP) is 26.0. The van der Waals surface area contributed by atoms with E-state index in [-0.39, 0.29) is 85.4 Å². The molecule has 4 aromatic carbocycles. The second-order valence-electron chi connectivity index (χ2n) is 47.7. The van der Waals surface area contributed by atoms with E-state index in [1.54, 1.807) is 0 Å². The van der Waals surface area contributed by atoms with Gasteiger partial charge in [-0.1, -0.05) is 258 Å². The zero-order valence-corrected chi connectivity index (χ0v) is 86.1. The maximum atomic E-state index is 12.8. The molecule has 0 unspecified atom stereocenters. The Morgan fingerprint density at radius 3 is 0.971 bits per heavy atom. The highest BCUT2D eigenvalue weighted by atomic mass is 16.5. The van der Waals surface area contributed by atoms with Crippen LogP contribution in [0.4, 0.5) is 0 Å². The summed E-state index contributed by atoms with van der Waals surface area (Å²) in [4.78, 5) is 75.2. The summed E-state index contributed by atoms with van der Waals surface area (Å²) in [5, 5.41) is 22.3. The molecule has 12 fully saturated rings. The number of aliphatic hydroxyl groups is 1. The summed E-state index contributed by atoms with van der Waals surface area (Å²) in [6.45, 7) is 57.3. The van der Waals surface area contributed by atoms with Crippen LogP contribution >= 0.6 is 0 Å². The van der Waals surface area contributed by atoms with Gasteiger partial charge in [0.05, 0.1) is 32.5 Å². The number of hydrogen-bond donors (Lipinski definition) is 4. The van der Waals surface area contributed by atoms with Crippen molar-refractivity contribution in [3.05, 3.63) is 202 Å². The number of esters is 4. The van der Waals surface area contributed by atoms with Gasteiger partial charge < -0.3 is 40.4 Å². The SMILES string of the molecule is C=C1CC[C@H]2[C@H](CN)[C@@H]([C@@]3(C)CC[C@H](C)C[C@@H]3COC(C)=O)CC[C@]12C.C=C1CC[C@H]2[C@H](CN=[N+]=[N-])[C@@H]([C@@]3(C)CC[C@H](C)C[C@@H]3COC(C)=O)CC[C@]12C.C=C1CC[C@H]2[C@H](CNCc3ccc(C(=O)c4ccccc4)cc3)[C@@H]([C@@]3(C)CC[C@H](C)C[C@@H]3COC(C)=O)CC[C@]12C.C=C1CC[C@H]2[C@H](CNCc3ccc(C(=O)c4ccccc4)cc3)[C@@H]([C@@]3(C)CC[C@H](O)C[C@@H]3COC(C)=O)CC[C@]12C. The average molecular weight is 1860 g/mol. The lowest BCUT2D eigenvalue weighted by Crippen LogP contribution is -2.53. The average Bonchev–Trinajstić information content (AvgIpc) is 1.57. The second-order valence-corrected chi connectivity index (χ2v) is 47.7. The van der Waals surface area contributed by atoms with Gasteiger partial charge in [-0.25, -0.2) is 0 Å². The zero-order valence-electron chi connectivity index (χ0n) is 86.1. The number of ketones is 2. The van der Waals surface area contributed by atoms with E-state index in [4.69, 9.17) is 30.2 Å². The number of fused-ring (bicyclic) bond motifs is 4. The number of nitrogens with zero attached hydrogens (tertiary/aromatic N) is 3. The molecule has 17 heteroatoms. The molecular weight excluding hydrogens is 1690 g/mol. The number of aliphatic hydroxyl groups excluding tert-OH is 1. The van der Waals surface area contributed by atoms with Crippen molar-refractivity contribution in [2.24, 2.45) is 167 Å². The van der Waals surface area contributed by atoms with Gasteiger partial charge in [-0.3, -0.25) is 28.8 Å². The highest BCUT2D eigenvalue weighted by molar-refractivity contribution is 6.09. The summed E-state index contributed by atoms with van der Waals surface area (Å²) in [5.74, 6) is 9.54. The molecule has 16 rings (SSSR count). The van der Waals surface area contributed by atoms with E-state index < -0.39 is 0 Å². The summed E-state index contributed by atoms with van der Waals surface area (Å²) >= 11 is 0. The lowest BCUT2D eigenvalue weighted by molar-refractivity contribution is -0.150. The highest BCUT2D eigenvalue weighted by Gasteiger charge is 2.62. The van der Waals surface area contributed by atoms with Crippen molar-refractivity contribution in [3.63, 3.8) is 0 Å². The summed E-state index contributed by atoms with van der Waals surface area (Å²) in [6.07, 6.45) is 31.9. The molecule has 0 radical (unpaired) electrons. The van der Waals surface area contributed by atoms with E-state index >= 15 is 0 Å². The molecule has 744 valence electrons. The van der Waals surface area contributed by atoms with Crippen molar-refractivity contribution in [2.45, 2.75) is 303 Å². The first kappa shape index (κ1) is 106. The van der Waals surface area contributed by atoms with Gasteiger partial charge in [0.15, 0.2) is 11.6 Å². The first-order valence-electron chi connectivity index (χ1n) is 53.1. The number of nitrogens with two attached hydrogens (primary N) is 1. The van der Waals surface area contributed by atoms with E-state index in [1.165, 1.54) is 170 Å². The topological polar surface area (TPSA) is 258 Å². The molecule has 136 heavy (non-hydrogen) atoms. The molecule has 17 nitrogen and oxygen atoms in total. The Hall–Kier alpha value is -7.79. The third-order valence-electron chi connectivity index (χ3n) is 40.3. The number of azide groups is 1. The van der Waals surface area contributed by atoms with E-state index in [9.17, 15) is 33.9 Å². The third kappa shape index (κ3) is 22.9. The minimum atomic E-state index is -0.322. The minimum absolute atomic E-state index is 0.00568. The number of rotatable bonds is 27. The quantitative estimate of drug-likeness (QED) is 0.00824. The predicted molar refractivity (Wildman–Crippen MR) is 546 cm³/mol. The van der Waals surface area contributed by atoms with Gasteiger partial charge in [-0.05, 0) is 347 Å². The Bertz CT molecular complexity index is 4680. The number of hydrogen-bond acceptors (Lipinski definition) is 15. The standard InChI is InChI=1S/C37H49NO3.C36H47NO4.C23H37N3O2.C23H39NO2/c1-25-17-19-37(5,31(21-25)24-41-27(3)39)34-18-20-36(4)26(2)11-16-33(36)32(34)23-38-22-28-12-14-30(15-13-28)35(40)29-9-7-6-8-10-29;1-24-10-15-32-31(22-37-21-26-11-13-28(14-12-26)34(40)27-8-6-5-7-9-27)33(17-19-35(24,32)3)36(4)18-16-30(39)20-29(36)23-41-25(2)38;1-15-8-10-23(5,18(12-15)14-28-17(3)27)21-9-11-22(4)16(2)6-7-20(22)19(21)13-25-26-24;1-15-8-10-23(5,18(12-15)14-26-17(3)25)21-9-11-22(4)16(2)6-7-20(22)19(21)13-24/h6-10,12-15,25,31-34,38H,2,11,16-24H2,1,3-5H3;5-9,11-14,29-33,37,39H,1,10,15-23H2,2-4H3;15,18-21H,2,6-14H2,1,3-5H3;15,18-21H,2,6-14,24H2,1,3-5H3/t25-,31+,32-,33-,34-,36+,37-;29-,30+,31+,32+,33+,35-,36+;2*15-,18+,19-,20-,21-,22+,23-/m0100/s1. The van der Waals surface area contributed by atoms with E-state index in [2.05, 4.69) is 147 Å². The lowest BCUT2D eigenvalue weighted by Gasteiger charge is -2.57. The number of carbonyl (C=O) groups excluding carboxylic acids is 6. The van der Waals surface area contributed by atoms with Crippen molar-refractivity contribution in [1.82, 2.24) is 10.6 Å². The van der Waals surface area contributed by atoms with Gasteiger partial charge in [0.2, 0.25) is 0 Å². The molecule has 12 saturated carbocycles. The molecule has 5 N–H and O–H groups in total. The van der Waals surface area contributed by atoms with E-state index in [0.717, 1.165) is 114 Å². The molecule has 4 aromatic rings. The van der Waals surface area contributed by atoms with Crippen LogP contribution in [0.15, 0.2) is 163 Å². The molecule has 0 amide bonds. The van der Waals surface area contributed by atoms with Crippen molar-refractivity contribution in [2.75, 3.05) is 52.6 Å². The lowest BCUT2D eigenvalue weighted by atomic mass is 9.49. The summed E-state index contributed by atoms with van der Waals surface area (Å²) < 4.78 is 22.3. The number of nitrogens with one attached hydrogen (secondary N) is 2. The summed E-state index contributed by atoms with van der Waals surface area (Å²) in [7, 11) is 0. The van der Waals surface area contributed by atoms with Gasteiger partial charge in [-0.2, -0.15) is 0 Å². The van der Waals surface area contributed by atoms with Crippen molar-refractivity contribution >= 4 is 35.4 Å². The van der Waals surface area contributed by atoms with Crippen LogP contribution in [0.5, 0.6) is 0 Å². The molecule has 0 saturated heterocycles. The van der Waals surface area contributed by atoms with Crippen LogP contribution in [0.3, 0.4) is 0 Å².